The number of aromatic nitrogens is 12. The van der Waals surface area contributed by atoms with E-state index in [9.17, 15) is 54.8 Å². The van der Waals surface area contributed by atoms with E-state index in [1.54, 1.807) is 59.8 Å². The fourth-order valence-corrected chi connectivity index (χ4v) is 15.4. The van der Waals surface area contributed by atoms with E-state index in [0.29, 0.717) is 169 Å². The number of aromatic amines is 2. The number of carbonyl (C=O) groups is 2. The quantitative estimate of drug-likeness (QED) is 0.0238. The zero-order chi connectivity index (χ0) is 88.5. The number of nitrogens with zero attached hydrogens (tertiary/aromatic N) is 16. The number of H-pyrrole nitrogens is 2. The number of ether oxygens (including phenoxy) is 4. The Bertz CT molecular complexity index is 6630. The molecule has 127 heavy (non-hydrogen) atoms. The van der Waals surface area contributed by atoms with Gasteiger partial charge in [0.05, 0.1) is 64.6 Å². The van der Waals surface area contributed by atoms with Crippen LogP contribution in [0, 0.1) is 10.1 Å². The molecule has 0 aliphatic carbocycles. The van der Waals surface area contributed by atoms with Gasteiger partial charge in [0.2, 0.25) is 11.4 Å². The van der Waals surface area contributed by atoms with Gasteiger partial charge in [-0.05, 0) is 131 Å². The highest BCUT2D eigenvalue weighted by molar-refractivity contribution is 6.61. The number of piperazine rings is 2. The number of aromatic hydroxyl groups is 5. The van der Waals surface area contributed by atoms with Crippen LogP contribution in [0.5, 0.6) is 40.2 Å². The van der Waals surface area contributed by atoms with Crippen LogP contribution in [-0.4, -0.2) is 221 Å². The molecule has 12 heterocycles. The summed E-state index contributed by atoms with van der Waals surface area (Å²) in [6.07, 6.45) is 2.95. The Hall–Kier alpha value is -14.7. The number of halogens is 1. The number of fused-ring (bicyclic) bond motifs is 6. The average Bonchev–Trinajstić information content (AvgIpc) is 1.59. The molecule has 4 aliphatic heterocycles. The monoisotopic (exact) mass is 1740 g/mol. The second kappa shape index (κ2) is 38.2. The molecule has 8 N–H and O–H groups in total. The van der Waals surface area contributed by atoms with Gasteiger partial charge in [0.1, 0.15) is 51.3 Å². The predicted molar refractivity (Wildman–Crippen MR) is 473 cm³/mol. The number of hydrogen-bond acceptors (Lipinski definition) is 30. The van der Waals surface area contributed by atoms with Crippen LogP contribution in [-0.2, 0) is 22.6 Å². The molecule has 7 aromatic carbocycles. The first-order valence-corrected chi connectivity index (χ1v) is 41.5. The van der Waals surface area contributed by atoms with Gasteiger partial charge in [-0.1, -0.05) is 76.2 Å². The van der Waals surface area contributed by atoms with Gasteiger partial charge in [0.25, 0.3) is 5.69 Å². The first-order chi connectivity index (χ1) is 61.5. The van der Waals surface area contributed by atoms with Crippen LogP contribution in [0.4, 0.5) is 26.9 Å². The van der Waals surface area contributed by atoms with E-state index in [1.807, 2.05) is 119 Å². The number of anilines is 2. The number of non-ortho nitro benzene ring substituents is 1. The maximum absolute atomic E-state index is 13.4. The first-order valence-electron chi connectivity index (χ1n) is 41.1. The average molecular weight is 1740 g/mol. The minimum Gasteiger partial charge on any atom is -0.508 e. The summed E-state index contributed by atoms with van der Waals surface area (Å²) in [5, 5.41) is 79.8. The van der Waals surface area contributed by atoms with Crippen LogP contribution in [0.25, 0.3) is 101 Å². The Morgan fingerprint density at radius 2 is 0.976 bits per heavy atom. The number of nitrogens with one attached hydrogen (secondary N) is 3. The van der Waals surface area contributed by atoms with Crippen molar-refractivity contribution in [3.8, 4) is 97.2 Å². The number of benzene rings is 7. The summed E-state index contributed by atoms with van der Waals surface area (Å²) in [7, 11) is 0. The third kappa shape index (κ3) is 19.5. The number of phenolic OH excluding ortho intramolecular Hbond substituents is 5. The number of furan rings is 2. The summed E-state index contributed by atoms with van der Waals surface area (Å²) in [5.74, 6) is 3.43. The van der Waals surface area contributed by atoms with E-state index in [0.717, 1.165) is 79.0 Å². The molecule has 4 aliphatic rings. The number of nitro benzene ring substituents is 1. The number of hydrogen-bond donors (Lipinski definition) is 8. The van der Waals surface area contributed by atoms with Crippen molar-refractivity contribution in [2.24, 2.45) is 0 Å². The summed E-state index contributed by atoms with van der Waals surface area (Å²) < 4.78 is 36.3. The second-order valence-electron chi connectivity index (χ2n) is 30.9. The number of rotatable bonds is 17. The van der Waals surface area contributed by atoms with E-state index >= 15 is 0 Å². The minimum absolute atomic E-state index is 0.0107. The summed E-state index contributed by atoms with van der Waals surface area (Å²) >= 11 is 4.92. The van der Waals surface area contributed by atoms with Gasteiger partial charge in [-0.25, -0.2) is 68.4 Å². The molecule has 0 unspecified atom stereocenters. The summed E-state index contributed by atoms with van der Waals surface area (Å²) in [5.41, 5.74) is 8.65. The lowest BCUT2D eigenvalue weighted by atomic mass is 9.98. The Labute approximate surface area is 728 Å². The van der Waals surface area contributed by atoms with Crippen molar-refractivity contribution in [1.29, 1.82) is 0 Å². The predicted octanol–water partition coefficient (Wildman–Crippen LogP) is 13.1. The lowest BCUT2D eigenvalue weighted by molar-refractivity contribution is -0.384. The molecule has 652 valence electrons. The molecule has 1 amide bonds. The third-order valence-electron chi connectivity index (χ3n) is 21.8. The van der Waals surface area contributed by atoms with Gasteiger partial charge in [-0.3, -0.25) is 19.9 Å². The Balaban J connectivity index is 0.000000143. The largest absolute Gasteiger partial charge is 0.508 e. The number of phenols is 5. The normalized spacial score (nSPS) is 14.5. The molecule has 36 nitrogen and oxygen atoms in total. The molecule has 19 rings (SSSR count). The molecule has 4 fully saturated rings. The molecule has 37 heteroatoms. The van der Waals surface area contributed by atoms with Crippen LogP contribution in [0.1, 0.15) is 61.8 Å². The highest BCUT2D eigenvalue weighted by Gasteiger charge is 2.30. The number of amides is 1. The Kier molecular flexibility index (Phi) is 25.8. The fraction of sp³-hybridized carbons (Fsp3) is 0.267. The van der Waals surface area contributed by atoms with Gasteiger partial charge in [-0.15, -0.1) is 0 Å². The maximum atomic E-state index is 13.4. The first kappa shape index (κ1) is 85.9. The zero-order valence-corrected chi connectivity index (χ0v) is 70.1. The summed E-state index contributed by atoms with van der Waals surface area (Å²) in [6.45, 7) is 20.8. The summed E-state index contributed by atoms with van der Waals surface area (Å²) in [6, 6.07) is 48.0. The van der Waals surface area contributed by atoms with Crippen molar-refractivity contribution < 1.29 is 67.8 Å². The minimum atomic E-state index is -0.978. The molecule has 4 saturated heterocycles. The third-order valence-corrected chi connectivity index (χ3v) is 21.9. The van der Waals surface area contributed by atoms with Crippen LogP contribution in [0.2, 0.25) is 0 Å². The SMILES string of the molecule is CC(C)c1cc(-c2n[nH]c(=O)n2-c2ccc(CN3CCN(C(=O)Oc4cccc(-c5nc(N6CCOCC6)c6oc7ncccc7c6n5)c4)CC3)cc2)c(O)cc1O.CC(C)c1cc(-c2n[nH]c(=O)n2-c2ccc(CN3CCNCC3)cc2)c(O)cc1O.O=C(Cl)Oc1ccc([N+](=O)[O-])cc1.Oc1cccc(-c2nc(N3CCOCC3)c3oc4ncccc4c3n2)c1. The van der Waals surface area contributed by atoms with Crippen molar-refractivity contribution in [1.82, 2.24) is 79.4 Å². The number of carbonyl (C=O) groups excluding carboxylic acids is 2. The Morgan fingerprint density at radius 3 is 1.43 bits per heavy atom. The fourth-order valence-electron chi connectivity index (χ4n) is 15.3. The number of pyridine rings is 2. The Morgan fingerprint density at radius 1 is 0.512 bits per heavy atom. The standard InChI is InChI=1S/C42H41N9O7.C22H27N5O3.C19H16N4O3.C7H4ClNO4/c1-25(2)31-22-32(34(53)23-33(31)52)38-46-47-41(54)51(38)28-10-8-26(9-11-28)24-48-13-15-50(16-14-48)42(55)57-29-6-3-5-27(21-29)37-44-35-30-7-4-12-43-40(30)58-36(35)39(45-37)49-17-19-56-20-18-49;1-14(2)17-11-18(20(29)12-19(17)28)21-24-25-22(30)27(21)16-5-3-15(4-6-16)13-26-9-7-23-8-10-26;24-13-4-1-3-12(11-13)17-21-15-14-5-2-6-20-19(14)26-16(15)18(22-17)23-7-9-25-10-8-23;8-7(10)13-6-3-1-5(2-4-6)9(11)12/h3-12,21-23,25,52-53H,13-20,24H2,1-2H3,(H,47,54);3-6,11-12,14,23,28-29H,7-10,13H2,1-2H3,(H,25,30);1-6,11,24H,7-10H2;1-4H. The lowest BCUT2D eigenvalue weighted by Crippen LogP contribution is -2.49. The number of morpholine rings is 2. The molecule has 0 radical (unpaired) electrons. The molecule has 0 saturated carbocycles. The molecule has 0 atom stereocenters. The van der Waals surface area contributed by atoms with Crippen molar-refractivity contribution in [3.63, 3.8) is 0 Å². The van der Waals surface area contributed by atoms with E-state index < -0.39 is 27.8 Å². The van der Waals surface area contributed by atoms with E-state index in [4.69, 9.17) is 54.6 Å². The topological polar surface area (TPSA) is 449 Å². The van der Waals surface area contributed by atoms with Crippen LogP contribution < -0.4 is 36.0 Å². The van der Waals surface area contributed by atoms with Crippen molar-refractivity contribution >= 4 is 84.8 Å². The maximum Gasteiger partial charge on any atom is 0.415 e. The molecule has 8 aromatic heterocycles. The van der Waals surface area contributed by atoms with Gasteiger partial charge in [-0.2, -0.15) is 10.2 Å². The van der Waals surface area contributed by atoms with Crippen LogP contribution in [0.15, 0.2) is 201 Å². The molecule has 0 bridgehead atoms. The van der Waals surface area contributed by atoms with Crippen LogP contribution >= 0.6 is 11.6 Å². The second-order valence-corrected chi connectivity index (χ2v) is 31.2. The van der Waals surface area contributed by atoms with Gasteiger partial charge < -0.3 is 73.3 Å². The van der Waals surface area contributed by atoms with E-state index in [2.05, 4.69) is 60.0 Å². The highest BCUT2D eigenvalue weighted by atomic mass is 35.5. The van der Waals surface area contributed by atoms with Crippen molar-refractivity contribution in [3.05, 3.63) is 236 Å². The van der Waals surface area contributed by atoms with Gasteiger partial charge in [0, 0.05) is 151 Å². The van der Waals surface area contributed by atoms with Crippen LogP contribution in [0.3, 0.4) is 0 Å². The zero-order valence-electron chi connectivity index (χ0n) is 69.4. The van der Waals surface area contributed by atoms with Crippen molar-refractivity contribution in [2.45, 2.75) is 52.6 Å². The molecule has 0 spiro atoms. The lowest BCUT2D eigenvalue weighted by Gasteiger charge is -2.34. The van der Waals surface area contributed by atoms with Crippen molar-refractivity contribution in [2.75, 3.05) is 115 Å². The summed E-state index contributed by atoms with van der Waals surface area (Å²) in [4.78, 5) is 97.3. The molecule has 15 aromatic rings. The van der Waals surface area contributed by atoms with Gasteiger partial charge in [0.15, 0.2) is 46.1 Å². The van der Waals surface area contributed by atoms with E-state index in [1.165, 1.54) is 51.1 Å². The molecular formula is C90H88ClN19O17. The van der Waals surface area contributed by atoms with E-state index in [-0.39, 0.29) is 57.8 Å². The molecular weight excluding hydrogens is 1650 g/mol. The smallest absolute Gasteiger partial charge is 0.415 e. The van der Waals surface area contributed by atoms with Gasteiger partial charge >= 0.3 is 22.9 Å². The highest BCUT2D eigenvalue weighted by Crippen LogP contribution is 2.42. The number of nitro groups is 1.